The molecule has 0 unspecified atom stereocenters. The molecule has 0 aliphatic carbocycles. The third-order valence-electron chi connectivity index (χ3n) is 2.06. The SMILES string of the molecule is COC(=O)c1cc(N)cnc1-n1cc(Cl)cn1. The van der Waals surface area contributed by atoms with Gasteiger partial charge in [-0.1, -0.05) is 11.6 Å². The van der Waals surface area contributed by atoms with E-state index in [1.165, 1.54) is 36.4 Å². The van der Waals surface area contributed by atoms with Crippen LogP contribution in [0.25, 0.3) is 5.82 Å². The monoisotopic (exact) mass is 252 g/mol. The molecule has 0 bridgehead atoms. The number of hydrogen-bond donors (Lipinski definition) is 1. The van der Waals surface area contributed by atoms with Crippen LogP contribution >= 0.6 is 11.6 Å². The van der Waals surface area contributed by atoms with Crippen LogP contribution in [-0.4, -0.2) is 27.8 Å². The first-order valence-electron chi connectivity index (χ1n) is 4.66. The summed E-state index contributed by atoms with van der Waals surface area (Å²) in [4.78, 5) is 15.6. The van der Waals surface area contributed by atoms with Gasteiger partial charge in [0.15, 0.2) is 5.82 Å². The fourth-order valence-corrected chi connectivity index (χ4v) is 1.47. The molecule has 0 aliphatic heterocycles. The van der Waals surface area contributed by atoms with Crippen LogP contribution in [0.1, 0.15) is 10.4 Å². The number of nitrogen functional groups attached to an aromatic ring is 1. The lowest BCUT2D eigenvalue weighted by molar-refractivity contribution is 0.0600. The van der Waals surface area contributed by atoms with Crippen LogP contribution in [0.2, 0.25) is 5.02 Å². The first-order chi connectivity index (χ1) is 8.11. The number of rotatable bonds is 2. The number of pyridine rings is 1. The lowest BCUT2D eigenvalue weighted by Crippen LogP contribution is -2.11. The van der Waals surface area contributed by atoms with Crippen molar-refractivity contribution >= 4 is 23.3 Å². The molecule has 2 heterocycles. The molecule has 2 aromatic heterocycles. The Morgan fingerprint density at radius 1 is 1.53 bits per heavy atom. The Kier molecular flexibility index (Phi) is 2.97. The molecule has 0 atom stereocenters. The van der Waals surface area contributed by atoms with Gasteiger partial charge in [0.1, 0.15) is 5.56 Å². The normalized spacial score (nSPS) is 10.2. The summed E-state index contributed by atoms with van der Waals surface area (Å²) >= 11 is 5.76. The minimum absolute atomic E-state index is 0.229. The number of hydrogen-bond acceptors (Lipinski definition) is 5. The molecule has 0 aliphatic rings. The van der Waals surface area contributed by atoms with Crippen molar-refractivity contribution in [3.63, 3.8) is 0 Å². The summed E-state index contributed by atoms with van der Waals surface area (Å²) in [6, 6.07) is 1.48. The van der Waals surface area contributed by atoms with Crippen molar-refractivity contribution in [2.75, 3.05) is 12.8 Å². The van der Waals surface area contributed by atoms with E-state index in [1.807, 2.05) is 0 Å². The fourth-order valence-electron chi connectivity index (χ4n) is 1.33. The van der Waals surface area contributed by atoms with Gasteiger partial charge in [0.05, 0.1) is 36.4 Å². The van der Waals surface area contributed by atoms with Crippen LogP contribution in [0.5, 0.6) is 0 Å². The number of nitrogens with two attached hydrogens (primary N) is 1. The predicted octanol–water partition coefficient (Wildman–Crippen LogP) is 1.29. The van der Waals surface area contributed by atoms with Gasteiger partial charge in [-0.2, -0.15) is 5.10 Å². The lowest BCUT2D eigenvalue weighted by Gasteiger charge is -2.07. The highest BCUT2D eigenvalue weighted by Crippen LogP contribution is 2.17. The molecule has 0 saturated heterocycles. The number of anilines is 1. The Balaban J connectivity index is 2.57. The molecule has 6 nitrogen and oxygen atoms in total. The molecular formula is C10H9ClN4O2. The zero-order valence-corrected chi connectivity index (χ0v) is 9.68. The van der Waals surface area contributed by atoms with E-state index in [-0.39, 0.29) is 5.56 Å². The second kappa shape index (κ2) is 4.42. The average molecular weight is 253 g/mol. The smallest absolute Gasteiger partial charge is 0.341 e. The van der Waals surface area contributed by atoms with E-state index in [9.17, 15) is 4.79 Å². The van der Waals surface area contributed by atoms with Crippen LogP contribution < -0.4 is 5.73 Å². The highest BCUT2D eigenvalue weighted by atomic mass is 35.5. The van der Waals surface area contributed by atoms with Gasteiger partial charge in [-0.05, 0) is 6.07 Å². The number of halogens is 1. The molecule has 0 saturated carbocycles. The highest BCUT2D eigenvalue weighted by molar-refractivity contribution is 6.30. The number of esters is 1. The minimum Gasteiger partial charge on any atom is -0.465 e. The second-order valence-corrected chi connectivity index (χ2v) is 3.67. The molecule has 2 aromatic rings. The highest BCUT2D eigenvalue weighted by Gasteiger charge is 2.16. The van der Waals surface area contributed by atoms with Gasteiger partial charge >= 0.3 is 5.97 Å². The summed E-state index contributed by atoms with van der Waals surface area (Å²) in [6.45, 7) is 0. The third kappa shape index (κ3) is 2.21. The molecule has 17 heavy (non-hydrogen) atoms. The molecule has 2 N–H and O–H groups in total. The molecule has 0 spiro atoms. The predicted molar refractivity (Wildman–Crippen MR) is 62.1 cm³/mol. The van der Waals surface area contributed by atoms with Gasteiger partial charge in [-0.15, -0.1) is 0 Å². The molecule has 0 amide bonds. The summed E-state index contributed by atoms with van der Waals surface area (Å²) < 4.78 is 6.03. The maximum atomic E-state index is 11.6. The van der Waals surface area contributed by atoms with E-state index in [0.717, 1.165) is 0 Å². The fraction of sp³-hybridized carbons (Fsp3) is 0.100. The van der Waals surface area contributed by atoms with Gasteiger partial charge in [-0.3, -0.25) is 0 Å². The number of carbonyl (C=O) groups excluding carboxylic acids is 1. The maximum absolute atomic E-state index is 11.6. The van der Waals surface area contributed by atoms with Gasteiger partial charge in [0.2, 0.25) is 0 Å². The third-order valence-corrected chi connectivity index (χ3v) is 2.26. The standard InChI is InChI=1S/C10H9ClN4O2/c1-17-10(16)8-2-7(12)4-13-9(8)15-5-6(11)3-14-15/h2-5H,12H2,1H3. The number of methoxy groups -OCH3 is 1. The van der Waals surface area contributed by atoms with E-state index in [0.29, 0.717) is 16.5 Å². The molecular weight excluding hydrogens is 244 g/mol. The second-order valence-electron chi connectivity index (χ2n) is 3.23. The summed E-state index contributed by atoms with van der Waals surface area (Å²) in [6.07, 6.45) is 4.41. The Hall–Kier alpha value is -2.08. The zero-order chi connectivity index (χ0) is 12.4. The largest absolute Gasteiger partial charge is 0.465 e. The van der Waals surface area contributed by atoms with Crippen LogP contribution in [-0.2, 0) is 4.74 Å². The van der Waals surface area contributed by atoms with Crippen molar-refractivity contribution in [1.29, 1.82) is 0 Å². The first kappa shape index (κ1) is 11.4. The van der Waals surface area contributed by atoms with Crippen molar-refractivity contribution < 1.29 is 9.53 Å². The molecule has 0 radical (unpaired) electrons. The average Bonchev–Trinajstić information content (AvgIpc) is 2.74. The maximum Gasteiger partial charge on any atom is 0.341 e. The summed E-state index contributed by atoms with van der Waals surface area (Å²) in [5, 5.41) is 4.41. The summed E-state index contributed by atoms with van der Waals surface area (Å²) in [5.41, 5.74) is 6.17. The van der Waals surface area contributed by atoms with E-state index in [4.69, 9.17) is 17.3 Å². The topological polar surface area (TPSA) is 83.0 Å². The van der Waals surface area contributed by atoms with Crippen LogP contribution in [0.4, 0.5) is 5.69 Å². The summed E-state index contributed by atoms with van der Waals surface area (Å²) in [5.74, 6) is -0.218. The Bertz CT molecular complexity index is 567. The molecule has 2 rings (SSSR count). The van der Waals surface area contributed by atoms with Crippen molar-refractivity contribution in [3.8, 4) is 5.82 Å². The van der Waals surface area contributed by atoms with E-state index in [2.05, 4.69) is 14.8 Å². The number of carbonyl (C=O) groups is 1. The van der Waals surface area contributed by atoms with Crippen LogP contribution in [0, 0.1) is 0 Å². The lowest BCUT2D eigenvalue weighted by atomic mass is 10.2. The quantitative estimate of drug-likeness (QED) is 0.815. The van der Waals surface area contributed by atoms with Gasteiger partial charge in [-0.25, -0.2) is 14.5 Å². The summed E-state index contributed by atoms with van der Waals surface area (Å²) in [7, 11) is 1.28. The van der Waals surface area contributed by atoms with Gasteiger partial charge < -0.3 is 10.5 Å². The van der Waals surface area contributed by atoms with E-state index >= 15 is 0 Å². The zero-order valence-electron chi connectivity index (χ0n) is 8.92. The molecule has 0 aromatic carbocycles. The number of ether oxygens (including phenoxy) is 1. The number of nitrogens with zero attached hydrogens (tertiary/aromatic N) is 3. The molecule has 0 fully saturated rings. The van der Waals surface area contributed by atoms with Crippen molar-refractivity contribution in [2.45, 2.75) is 0 Å². The Morgan fingerprint density at radius 3 is 2.88 bits per heavy atom. The van der Waals surface area contributed by atoms with Crippen LogP contribution in [0.15, 0.2) is 24.7 Å². The van der Waals surface area contributed by atoms with Gasteiger partial charge in [0.25, 0.3) is 0 Å². The van der Waals surface area contributed by atoms with Crippen molar-refractivity contribution in [2.24, 2.45) is 0 Å². The molecule has 7 heteroatoms. The van der Waals surface area contributed by atoms with Crippen LogP contribution in [0.3, 0.4) is 0 Å². The molecule has 88 valence electrons. The number of aromatic nitrogens is 3. The first-order valence-corrected chi connectivity index (χ1v) is 5.04. The minimum atomic E-state index is -0.536. The Morgan fingerprint density at radius 2 is 2.29 bits per heavy atom. The van der Waals surface area contributed by atoms with E-state index in [1.54, 1.807) is 0 Å². The van der Waals surface area contributed by atoms with Crippen molar-refractivity contribution in [1.82, 2.24) is 14.8 Å². The van der Waals surface area contributed by atoms with Gasteiger partial charge in [0, 0.05) is 0 Å². The Labute approximate surface area is 102 Å². The van der Waals surface area contributed by atoms with Crippen molar-refractivity contribution in [3.05, 3.63) is 35.2 Å². The van der Waals surface area contributed by atoms with E-state index < -0.39 is 5.97 Å².